The Balaban J connectivity index is 2.62. The first-order chi connectivity index (χ1) is 4.74. The molecule has 0 saturated carbocycles. The second kappa shape index (κ2) is 3.09. The van der Waals surface area contributed by atoms with Crippen molar-refractivity contribution < 1.29 is 9.53 Å². The van der Waals surface area contributed by atoms with E-state index < -0.39 is 6.04 Å². The number of ether oxygens (including phenoxy) is 1. The lowest BCUT2D eigenvalue weighted by Gasteiger charge is -1.97. The zero-order chi connectivity index (χ0) is 7.56. The Hall–Kier alpha value is -0.460. The van der Waals surface area contributed by atoms with Crippen LogP contribution in [0.4, 0.5) is 0 Å². The standard InChI is InChI=1S/C5H5IN2O2/c1-10-5(9)3-2-4(6)8-7-3/h2-3H,1H3/t3-/m0/s1. The van der Waals surface area contributed by atoms with E-state index in [1.54, 1.807) is 6.08 Å². The SMILES string of the molecule is COC(=O)[C@@H]1C=C(I)N=N1. The average molecular weight is 252 g/mol. The fourth-order valence-electron chi connectivity index (χ4n) is 0.550. The molecule has 0 aromatic carbocycles. The van der Waals surface area contributed by atoms with Crippen LogP contribution in [0.1, 0.15) is 0 Å². The van der Waals surface area contributed by atoms with E-state index in [4.69, 9.17) is 0 Å². The molecule has 54 valence electrons. The number of methoxy groups -OCH3 is 1. The summed E-state index contributed by atoms with van der Waals surface area (Å²) in [6.45, 7) is 0. The summed E-state index contributed by atoms with van der Waals surface area (Å²) in [5.74, 6) is -0.365. The molecular formula is C5H5IN2O2. The van der Waals surface area contributed by atoms with Gasteiger partial charge < -0.3 is 4.74 Å². The molecule has 0 spiro atoms. The molecule has 1 heterocycles. The predicted molar refractivity (Wildman–Crippen MR) is 42.8 cm³/mol. The van der Waals surface area contributed by atoms with Crippen molar-refractivity contribution in [3.63, 3.8) is 0 Å². The Labute approximate surface area is 71.5 Å². The number of nitrogens with zero attached hydrogens (tertiary/aromatic N) is 2. The quantitative estimate of drug-likeness (QED) is 0.401. The Morgan fingerprint density at radius 2 is 2.60 bits per heavy atom. The first-order valence-electron chi connectivity index (χ1n) is 2.60. The molecule has 0 aromatic rings. The summed E-state index contributed by atoms with van der Waals surface area (Å²) in [7, 11) is 1.33. The molecule has 0 fully saturated rings. The molecule has 1 rings (SSSR count). The summed E-state index contributed by atoms with van der Waals surface area (Å²) in [5, 5.41) is 7.30. The summed E-state index contributed by atoms with van der Waals surface area (Å²) in [5.41, 5.74) is 0. The van der Waals surface area contributed by atoms with Crippen molar-refractivity contribution in [2.45, 2.75) is 6.04 Å². The lowest BCUT2D eigenvalue weighted by molar-refractivity contribution is -0.140. The molecule has 1 aliphatic heterocycles. The predicted octanol–water partition coefficient (Wildman–Crippen LogP) is 1.27. The fraction of sp³-hybridized carbons (Fsp3) is 0.400. The van der Waals surface area contributed by atoms with Crippen LogP contribution in [0.5, 0.6) is 0 Å². The maximum absolute atomic E-state index is 10.7. The van der Waals surface area contributed by atoms with Crippen LogP contribution in [-0.2, 0) is 9.53 Å². The Bertz CT molecular complexity index is 212. The average Bonchev–Trinajstić information content (AvgIpc) is 2.34. The number of hydrogen-bond donors (Lipinski definition) is 0. The smallest absolute Gasteiger partial charge is 0.336 e. The highest BCUT2D eigenvalue weighted by molar-refractivity contribution is 14.1. The van der Waals surface area contributed by atoms with Crippen LogP contribution >= 0.6 is 22.6 Å². The first kappa shape index (κ1) is 7.64. The van der Waals surface area contributed by atoms with E-state index in [0.29, 0.717) is 0 Å². The van der Waals surface area contributed by atoms with Gasteiger partial charge in [0.25, 0.3) is 0 Å². The third-order valence-corrected chi connectivity index (χ3v) is 1.59. The van der Waals surface area contributed by atoms with Crippen LogP contribution < -0.4 is 0 Å². The minimum atomic E-state index is -0.517. The van der Waals surface area contributed by atoms with Crippen LogP contribution in [-0.4, -0.2) is 19.1 Å². The molecule has 10 heavy (non-hydrogen) atoms. The minimum absolute atomic E-state index is 0.365. The third kappa shape index (κ3) is 1.53. The van der Waals surface area contributed by atoms with Gasteiger partial charge in [0.1, 0.15) is 3.70 Å². The van der Waals surface area contributed by atoms with Crippen LogP contribution in [0.3, 0.4) is 0 Å². The van der Waals surface area contributed by atoms with Crippen LogP contribution in [0.25, 0.3) is 0 Å². The molecule has 0 unspecified atom stereocenters. The van der Waals surface area contributed by atoms with E-state index in [1.807, 2.05) is 22.6 Å². The molecule has 0 amide bonds. The molecule has 0 aliphatic carbocycles. The van der Waals surface area contributed by atoms with E-state index in [1.165, 1.54) is 7.11 Å². The first-order valence-corrected chi connectivity index (χ1v) is 3.68. The van der Waals surface area contributed by atoms with Crippen LogP contribution in [0, 0.1) is 0 Å². The second-order valence-corrected chi connectivity index (χ2v) is 2.78. The summed E-state index contributed by atoms with van der Waals surface area (Å²) in [4.78, 5) is 10.7. The maximum Gasteiger partial charge on any atom is 0.336 e. The van der Waals surface area contributed by atoms with Crippen molar-refractivity contribution in [1.29, 1.82) is 0 Å². The van der Waals surface area contributed by atoms with Gasteiger partial charge in [0, 0.05) is 0 Å². The number of carbonyl (C=O) groups is 1. The molecule has 4 nitrogen and oxygen atoms in total. The van der Waals surface area contributed by atoms with Crippen LogP contribution in [0.15, 0.2) is 20.0 Å². The van der Waals surface area contributed by atoms with Crippen molar-refractivity contribution >= 4 is 28.6 Å². The zero-order valence-corrected chi connectivity index (χ0v) is 7.40. The summed E-state index contributed by atoms with van der Waals surface area (Å²) in [6.07, 6.45) is 1.65. The van der Waals surface area contributed by atoms with Crippen molar-refractivity contribution in [1.82, 2.24) is 0 Å². The summed E-state index contributed by atoms with van der Waals surface area (Å²) >= 11 is 1.99. The largest absolute Gasteiger partial charge is 0.467 e. The monoisotopic (exact) mass is 252 g/mol. The molecule has 1 atom stereocenters. The zero-order valence-electron chi connectivity index (χ0n) is 5.24. The van der Waals surface area contributed by atoms with E-state index in [9.17, 15) is 4.79 Å². The van der Waals surface area contributed by atoms with Crippen molar-refractivity contribution in [3.8, 4) is 0 Å². The van der Waals surface area contributed by atoms with Gasteiger partial charge in [0.05, 0.1) is 7.11 Å². The number of esters is 1. The number of hydrogen-bond acceptors (Lipinski definition) is 4. The highest BCUT2D eigenvalue weighted by Crippen LogP contribution is 2.18. The van der Waals surface area contributed by atoms with Crippen LogP contribution in [0.2, 0.25) is 0 Å². The summed E-state index contributed by atoms with van der Waals surface area (Å²) in [6, 6.07) is -0.517. The minimum Gasteiger partial charge on any atom is -0.467 e. The molecule has 0 saturated heterocycles. The number of halogens is 1. The van der Waals surface area contributed by atoms with Gasteiger partial charge in [-0.3, -0.25) is 0 Å². The van der Waals surface area contributed by atoms with Gasteiger partial charge in [0.2, 0.25) is 0 Å². The Kier molecular flexibility index (Phi) is 2.36. The Morgan fingerprint density at radius 1 is 1.90 bits per heavy atom. The van der Waals surface area contributed by atoms with E-state index in [0.717, 1.165) is 3.70 Å². The second-order valence-electron chi connectivity index (χ2n) is 1.67. The lowest BCUT2D eigenvalue weighted by atomic mass is 10.3. The third-order valence-electron chi connectivity index (χ3n) is 1.02. The summed E-state index contributed by atoms with van der Waals surface area (Å²) < 4.78 is 5.17. The number of carbonyl (C=O) groups excluding carboxylic acids is 1. The Morgan fingerprint density at radius 3 is 3.00 bits per heavy atom. The maximum atomic E-state index is 10.7. The van der Waals surface area contributed by atoms with E-state index >= 15 is 0 Å². The van der Waals surface area contributed by atoms with Gasteiger partial charge in [-0.1, -0.05) is 0 Å². The molecule has 0 aromatic heterocycles. The van der Waals surface area contributed by atoms with E-state index in [-0.39, 0.29) is 5.97 Å². The number of rotatable bonds is 1. The van der Waals surface area contributed by atoms with Crippen molar-refractivity contribution in [3.05, 3.63) is 9.78 Å². The lowest BCUT2D eigenvalue weighted by Crippen LogP contribution is -2.15. The number of azo groups is 1. The van der Waals surface area contributed by atoms with Gasteiger partial charge in [-0.15, -0.1) is 5.11 Å². The molecule has 5 heteroatoms. The molecule has 0 N–H and O–H groups in total. The van der Waals surface area contributed by atoms with Crippen molar-refractivity contribution in [2.75, 3.05) is 7.11 Å². The van der Waals surface area contributed by atoms with Gasteiger partial charge >= 0.3 is 5.97 Å². The van der Waals surface area contributed by atoms with E-state index in [2.05, 4.69) is 15.0 Å². The topological polar surface area (TPSA) is 51.0 Å². The highest BCUT2D eigenvalue weighted by Gasteiger charge is 2.19. The molecule has 0 radical (unpaired) electrons. The highest BCUT2D eigenvalue weighted by atomic mass is 127. The van der Waals surface area contributed by atoms with Crippen molar-refractivity contribution in [2.24, 2.45) is 10.2 Å². The normalized spacial score (nSPS) is 22.6. The molecule has 1 aliphatic rings. The van der Waals surface area contributed by atoms with Gasteiger partial charge in [-0.25, -0.2) is 4.79 Å². The molecule has 0 bridgehead atoms. The fourth-order valence-corrected chi connectivity index (χ4v) is 1.02. The molecular weight excluding hydrogens is 247 g/mol. The van der Waals surface area contributed by atoms with Gasteiger partial charge in [-0.2, -0.15) is 5.11 Å². The van der Waals surface area contributed by atoms with Gasteiger partial charge in [0.15, 0.2) is 6.04 Å². The van der Waals surface area contributed by atoms with Gasteiger partial charge in [-0.05, 0) is 28.7 Å².